The summed E-state index contributed by atoms with van der Waals surface area (Å²) < 4.78 is 8.37. The minimum absolute atomic E-state index is 0.327. The summed E-state index contributed by atoms with van der Waals surface area (Å²) in [5, 5.41) is 0. The van der Waals surface area contributed by atoms with Crippen molar-refractivity contribution in [3.8, 4) is 0 Å². The zero-order valence-electron chi connectivity index (χ0n) is 6.98. The van der Waals surface area contributed by atoms with E-state index in [0.717, 1.165) is 6.61 Å². The standard InChI is InChI=1S/C8H15INO/c1-9-10-6-8(7-10)4-2-3-5-11-8/h2-7H2,1H3/q-1. The maximum atomic E-state index is 5.81. The molecule has 0 amide bonds. The van der Waals surface area contributed by atoms with E-state index >= 15 is 0 Å². The van der Waals surface area contributed by atoms with E-state index in [-0.39, 0.29) is 0 Å². The third-order valence-corrected chi connectivity index (χ3v) is 4.64. The van der Waals surface area contributed by atoms with Crippen LogP contribution in [0.4, 0.5) is 0 Å². The Bertz CT molecular complexity index is 137. The summed E-state index contributed by atoms with van der Waals surface area (Å²) in [7, 11) is 0. The van der Waals surface area contributed by atoms with Gasteiger partial charge < -0.3 is 0 Å². The van der Waals surface area contributed by atoms with Gasteiger partial charge >= 0.3 is 78.8 Å². The van der Waals surface area contributed by atoms with Gasteiger partial charge in [-0.25, -0.2) is 0 Å². The van der Waals surface area contributed by atoms with Crippen LogP contribution in [-0.2, 0) is 4.74 Å². The molecule has 0 aromatic carbocycles. The van der Waals surface area contributed by atoms with Crippen molar-refractivity contribution in [1.82, 2.24) is 3.11 Å². The molecule has 2 fully saturated rings. The third kappa shape index (κ3) is 1.55. The van der Waals surface area contributed by atoms with Gasteiger partial charge in [0.2, 0.25) is 0 Å². The number of nitrogens with zero attached hydrogens (tertiary/aromatic N) is 1. The molecule has 0 unspecified atom stereocenters. The van der Waals surface area contributed by atoms with E-state index in [0.29, 0.717) is 27.1 Å². The van der Waals surface area contributed by atoms with Crippen LogP contribution in [0.15, 0.2) is 0 Å². The van der Waals surface area contributed by atoms with Crippen LogP contribution in [0, 0.1) is 0 Å². The van der Waals surface area contributed by atoms with E-state index in [9.17, 15) is 0 Å². The van der Waals surface area contributed by atoms with Crippen LogP contribution in [0.5, 0.6) is 0 Å². The summed E-state index contributed by atoms with van der Waals surface area (Å²) >= 11 is 0.332. The Balaban J connectivity index is 1.84. The predicted octanol–water partition coefficient (Wildman–Crippen LogP) is -2.12. The SMILES string of the molecule is C[I-]N1CC2(CCCCO2)C1. The number of ether oxygens (including phenoxy) is 1. The third-order valence-electron chi connectivity index (χ3n) is 2.59. The van der Waals surface area contributed by atoms with Crippen molar-refractivity contribution in [3.05, 3.63) is 0 Å². The monoisotopic (exact) mass is 268 g/mol. The Labute approximate surface area is 78.9 Å². The van der Waals surface area contributed by atoms with E-state index in [1.165, 1.54) is 32.4 Å². The molecule has 66 valence electrons. The Morgan fingerprint density at radius 3 is 2.73 bits per heavy atom. The second-order valence-electron chi connectivity index (χ2n) is 3.44. The van der Waals surface area contributed by atoms with E-state index in [2.05, 4.69) is 8.04 Å². The number of rotatable bonds is 1. The first-order valence-electron chi connectivity index (χ1n) is 4.23. The Kier molecular flexibility index (Phi) is 2.39. The summed E-state index contributed by atoms with van der Waals surface area (Å²) in [6.07, 6.45) is 3.98. The van der Waals surface area contributed by atoms with Crippen LogP contribution in [0.1, 0.15) is 19.3 Å². The van der Waals surface area contributed by atoms with Gasteiger partial charge in [0.25, 0.3) is 0 Å². The zero-order valence-corrected chi connectivity index (χ0v) is 9.13. The first-order chi connectivity index (χ1) is 5.35. The van der Waals surface area contributed by atoms with Crippen molar-refractivity contribution in [2.24, 2.45) is 0 Å². The molecule has 2 nitrogen and oxygen atoms in total. The van der Waals surface area contributed by atoms with Gasteiger partial charge in [0, 0.05) is 0 Å². The first kappa shape index (κ1) is 8.26. The van der Waals surface area contributed by atoms with Crippen LogP contribution in [-0.4, -0.2) is 33.3 Å². The van der Waals surface area contributed by atoms with Gasteiger partial charge in [0.1, 0.15) is 0 Å². The fourth-order valence-electron chi connectivity index (χ4n) is 1.86. The summed E-state index contributed by atoms with van der Waals surface area (Å²) in [5.41, 5.74) is 0.327. The second-order valence-corrected chi connectivity index (χ2v) is 5.77. The van der Waals surface area contributed by atoms with Crippen molar-refractivity contribution >= 4 is 0 Å². The molecule has 2 aliphatic rings. The van der Waals surface area contributed by atoms with Crippen molar-refractivity contribution < 1.29 is 26.2 Å². The topological polar surface area (TPSA) is 12.5 Å². The molecular weight excluding hydrogens is 253 g/mol. The summed E-state index contributed by atoms with van der Waals surface area (Å²) in [5.74, 6) is 0. The van der Waals surface area contributed by atoms with Crippen LogP contribution in [0.25, 0.3) is 0 Å². The molecule has 0 radical (unpaired) electrons. The van der Waals surface area contributed by atoms with Crippen LogP contribution in [0.2, 0.25) is 0 Å². The number of alkyl halides is 1. The molecule has 0 bridgehead atoms. The summed E-state index contributed by atoms with van der Waals surface area (Å²) in [6, 6.07) is 0. The zero-order chi connectivity index (χ0) is 7.73. The van der Waals surface area contributed by atoms with Gasteiger partial charge in [-0.1, -0.05) is 0 Å². The van der Waals surface area contributed by atoms with E-state index in [1.807, 2.05) is 0 Å². The Hall–Kier alpha value is 0.650. The average molecular weight is 268 g/mol. The summed E-state index contributed by atoms with van der Waals surface area (Å²) in [4.78, 5) is 2.33. The van der Waals surface area contributed by atoms with Gasteiger partial charge in [-0.15, -0.1) is 0 Å². The van der Waals surface area contributed by atoms with Crippen molar-refractivity contribution in [2.75, 3.05) is 24.6 Å². The average Bonchev–Trinajstić information content (AvgIpc) is 2.01. The molecule has 0 N–H and O–H groups in total. The van der Waals surface area contributed by atoms with Crippen LogP contribution in [0.3, 0.4) is 0 Å². The van der Waals surface area contributed by atoms with Crippen LogP contribution >= 0.6 is 0 Å². The molecule has 3 heteroatoms. The first-order valence-corrected chi connectivity index (χ1v) is 7.36. The number of hydrogen-bond acceptors (Lipinski definition) is 2. The second kappa shape index (κ2) is 3.18. The normalized spacial score (nSPS) is 30.6. The Morgan fingerprint density at radius 2 is 2.18 bits per heavy atom. The van der Waals surface area contributed by atoms with E-state index < -0.39 is 0 Å². The van der Waals surface area contributed by atoms with E-state index in [4.69, 9.17) is 4.74 Å². The number of hydrogen-bond donors (Lipinski definition) is 0. The quantitative estimate of drug-likeness (QED) is 0.306. The summed E-state index contributed by atoms with van der Waals surface area (Å²) in [6.45, 7) is 3.48. The molecule has 2 aliphatic heterocycles. The maximum absolute atomic E-state index is 5.81. The molecule has 1 spiro atoms. The molecule has 2 heterocycles. The molecule has 0 aromatic rings. The molecule has 0 aromatic heterocycles. The Morgan fingerprint density at radius 1 is 1.36 bits per heavy atom. The fraction of sp³-hybridized carbons (Fsp3) is 1.00. The molecule has 2 saturated heterocycles. The molecule has 0 saturated carbocycles. The predicted molar refractivity (Wildman–Crippen MR) is 40.0 cm³/mol. The molecule has 0 atom stereocenters. The van der Waals surface area contributed by atoms with Gasteiger partial charge in [-0.2, -0.15) is 0 Å². The van der Waals surface area contributed by atoms with Crippen molar-refractivity contribution in [1.29, 1.82) is 0 Å². The molecule has 0 aliphatic carbocycles. The van der Waals surface area contributed by atoms with Gasteiger partial charge in [-0.3, -0.25) is 0 Å². The van der Waals surface area contributed by atoms with Gasteiger partial charge in [-0.05, 0) is 0 Å². The molecular formula is C8H15INO-. The minimum atomic E-state index is 0.327. The van der Waals surface area contributed by atoms with Crippen LogP contribution < -0.4 is 21.5 Å². The van der Waals surface area contributed by atoms with Crippen molar-refractivity contribution in [2.45, 2.75) is 24.9 Å². The fourth-order valence-corrected chi connectivity index (χ4v) is 3.78. The molecule has 2 rings (SSSR count). The van der Waals surface area contributed by atoms with Crippen molar-refractivity contribution in [3.63, 3.8) is 0 Å². The molecule has 11 heavy (non-hydrogen) atoms. The van der Waals surface area contributed by atoms with Gasteiger partial charge in [0.15, 0.2) is 0 Å². The van der Waals surface area contributed by atoms with Gasteiger partial charge in [0.05, 0.1) is 0 Å². The van der Waals surface area contributed by atoms with E-state index in [1.54, 1.807) is 0 Å². The number of halogens is 1.